The molecule has 0 amide bonds. The highest BCUT2D eigenvalue weighted by Gasteiger charge is 2.26. The first-order valence-electron chi connectivity index (χ1n) is 18.0. The normalized spacial score (nSPS) is 11.6. The van der Waals surface area contributed by atoms with Crippen LogP contribution in [-0.2, 0) is 12.8 Å². The van der Waals surface area contributed by atoms with E-state index in [1.54, 1.807) is 0 Å². The summed E-state index contributed by atoms with van der Waals surface area (Å²) in [6.07, 6.45) is 11.0. The number of hydrogen-bond acceptors (Lipinski definition) is 6. The zero-order chi connectivity index (χ0) is 32.5. The smallest absolute Gasteiger partial charge is 0.195 e. The highest BCUT2D eigenvalue weighted by molar-refractivity contribution is 6.15. The van der Waals surface area contributed by atoms with Crippen LogP contribution in [0.3, 0.4) is 0 Å². The first kappa shape index (κ1) is 33.6. The minimum absolute atomic E-state index is 0.716. The summed E-state index contributed by atoms with van der Waals surface area (Å²) in [5.74, 6) is 1.45. The number of anilines is 2. The Kier molecular flexibility index (Phi) is 11.8. The fourth-order valence-electron chi connectivity index (χ4n) is 6.27. The zero-order valence-electron chi connectivity index (χ0n) is 29.1. The van der Waals surface area contributed by atoms with E-state index in [9.17, 15) is 0 Å². The third kappa shape index (κ3) is 7.27. The van der Waals surface area contributed by atoms with Crippen LogP contribution in [0.25, 0.3) is 44.5 Å². The predicted octanol–water partition coefficient (Wildman–Crippen LogP) is 11.2. The lowest BCUT2D eigenvalue weighted by molar-refractivity contribution is 0.538. The number of hydrogen-bond donors (Lipinski definition) is 0. The van der Waals surface area contributed by atoms with Gasteiger partial charge in [0.25, 0.3) is 0 Å². The van der Waals surface area contributed by atoms with Gasteiger partial charge in [-0.3, -0.25) is 0 Å². The fraction of sp³-hybridized carbons (Fsp3) is 0.500. The number of aryl methyl sites for hydroxylation is 2. The number of oxazole rings is 2. The second kappa shape index (κ2) is 16.2. The Morgan fingerprint density at radius 2 is 0.804 bits per heavy atom. The van der Waals surface area contributed by atoms with Gasteiger partial charge in [-0.25, -0.2) is 9.97 Å². The van der Waals surface area contributed by atoms with Crippen molar-refractivity contribution in [3.05, 3.63) is 60.3 Å². The maximum absolute atomic E-state index is 6.54. The van der Waals surface area contributed by atoms with Crippen LogP contribution in [0.15, 0.2) is 57.4 Å². The van der Waals surface area contributed by atoms with E-state index >= 15 is 0 Å². The Balaban J connectivity index is 1.63. The number of rotatable bonds is 18. The van der Waals surface area contributed by atoms with E-state index in [-0.39, 0.29) is 0 Å². The molecule has 0 fully saturated rings. The molecule has 46 heavy (non-hydrogen) atoms. The molecule has 0 aliphatic carbocycles. The van der Waals surface area contributed by atoms with E-state index in [1.807, 2.05) is 0 Å². The SMILES string of the molecule is CCCCN(CCCC)c1ccc(-c2c3nc(CC)oc3c(-c3ccc(N(CCCC)CCCC)cc3)c3nc(CC)oc23)cc1. The molecule has 0 aliphatic heterocycles. The van der Waals surface area contributed by atoms with Gasteiger partial charge in [0.1, 0.15) is 11.0 Å². The minimum atomic E-state index is 0.716. The average molecular weight is 623 g/mol. The summed E-state index contributed by atoms with van der Waals surface area (Å²) in [6.45, 7) is 17.5. The lowest BCUT2D eigenvalue weighted by Gasteiger charge is -2.25. The molecule has 0 radical (unpaired) electrons. The van der Waals surface area contributed by atoms with E-state index in [0.29, 0.717) is 12.8 Å². The Bertz CT molecular complexity index is 1470. The number of fused-ring (bicyclic) bond motifs is 2. The van der Waals surface area contributed by atoms with Crippen LogP contribution in [0.4, 0.5) is 11.4 Å². The van der Waals surface area contributed by atoms with Gasteiger partial charge in [-0.1, -0.05) is 91.5 Å². The van der Waals surface area contributed by atoms with Gasteiger partial charge in [0, 0.05) is 50.4 Å². The van der Waals surface area contributed by atoms with Crippen molar-refractivity contribution in [2.24, 2.45) is 0 Å². The molecule has 0 aliphatic rings. The van der Waals surface area contributed by atoms with Crippen LogP contribution in [0.2, 0.25) is 0 Å². The van der Waals surface area contributed by atoms with Gasteiger partial charge in [0.2, 0.25) is 0 Å². The number of unbranched alkanes of at least 4 members (excludes halogenated alkanes) is 4. The summed E-state index contributed by atoms with van der Waals surface area (Å²) in [7, 11) is 0. The Morgan fingerprint density at radius 3 is 1.09 bits per heavy atom. The third-order valence-electron chi connectivity index (χ3n) is 9.04. The molecule has 5 aromatic rings. The lowest BCUT2D eigenvalue weighted by atomic mass is 9.96. The third-order valence-corrected chi connectivity index (χ3v) is 9.04. The summed E-state index contributed by atoms with van der Waals surface area (Å²) >= 11 is 0. The summed E-state index contributed by atoms with van der Waals surface area (Å²) in [5.41, 5.74) is 9.87. The molecule has 6 nitrogen and oxygen atoms in total. The van der Waals surface area contributed by atoms with Crippen LogP contribution >= 0.6 is 0 Å². The molecule has 0 atom stereocenters. The molecule has 5 rings (SSSR count). The standard InChI is InChI=1S/C40H54N4O2/c1-7-13-25-43(26-14-8-2)31-21-17-29(18-22-31)35-37-40(46-33(11-5)41-37)36(38-39(35)45-34(12-6)42-38)30-19-23-32(24-20-30)44(27-15-9-3)28-16-10-4/h17-24H,7-16,25-28H2,1-6H3. The first-order chi connectivity index (χ1) is 22.6. The monoisotopic (exact) mass is 622 g/mol. The second-order valence-electron chi connectivity index (χ2n) is 12.5. The van der Waals surface area contributed by atoms with Crippen LogP contribution in [-0.4, -0.2) is 36.1 Å². The summed E-state index contributed by atoms with van der Waals surface area (Å²) < 4.78 is 13.1. The van der Waals surface area contributed by atoms with Gasteiger partial charge >= 0.3 is 0 Å². The molecule has 246 valence electrons. The quantitative estimate of drug-likeness (QED) is 0.0969. The van der Waals surface area contributed by atoms with E-state index < -0.39 is 0 Å². The molecule has 0 unspecified atom stereocenters. The lowest BCUT2D eigenvalue weighted by Crippen LogP contribution is -2.25. The fourth-order valence-corrected chi connectivity index (χ4v) is 6.27. The predicted molar refractivity (Wildman–Crippen MR) is 195 cm³/mol. The van der Waals surface area contributed by atoms with E-state index in [0.717, 1.165) is 82.4 Å². The van der Waals surface area contributed by atoms with Gasteiger partial charge in [-0.05, 0) is 61.1 Å². The van der Waals surface area contributed by atoms with Crippen molar-refractivity contribution >= 4 is 33.6 Å². The average Bonchev–Trinajstić information content (AvgIpc) is 3.72. The molecule has 2 aromatic heterocycles. The molecule has 2 heterocycles. The largest absolute Gasteiger partial charge is 0.440 e. The van der Waals surface area contributed by atoms with Crippen molar-refractivity contribution in [3.8, 4) is 22.3 Å². The topological polar surface area (TPSA) is 58.5 Å². The van der Waals surface area contributed by atoms with Crippen molar-refractivity contribution in [3.63, 3.8) is 0 Å². The van der Waals surface area contributed by atoms with Crippen molar-refractivity contribution in [2.45, 2.75) is 106 Å². The van der Waals surface area contributed by atoms with Crippen molar-refractivity contribution in [1.29, 1.82) is 0 Å². The van der Waals surface area contributed by atoms with Crippen LogP contribution in [0.1, 0.15) is 105 Å². The highest BCUT2D eigenvalue weighted by Crippen LogP contribution is 2.44. The van der Waals surface area contributed by atoms with Gasteiger partial charge < -0.3 is 18.6 Å². The van der Waals surface area contributed by atoms with Crippen LogP contribution in [0, 0.1) is 0 Å². The van der Waals surface area contributed by atoms with E-state index in [2.05, 4.69) is 99.9 Å². The number of benzene rings is 3. The zero-order valence-corrected chi connectivity index (χ0v) is 29.1. The Hall–Kier alpha value is -3.80. The summed E-state index contributed by atoms with van der Waals surface area (Å²) in [5, 5.41) is 0. The molecule has 0 bridgehead atoms. The Morgan fingerprint density at radius 1 is 0.478 bits per heavy atom. The number of nitrogens with zero attached hydrogens (tertiary/aromatic N) is 4. The van der Waals surface area contributed by atoms with Gasteiger partial charge in [0.05, 0.1) is 11.1 Å². The molecule has 0 saturated carbocycles. The molecule has 0 N–H and O–H groups in total. The highest BCUT2D eigenvalue weighted by atomic mass is 16.4. The first-order valence-corrected chi connectivity index (χ1v) is 18.0. The van der Waals surface area contributed by atoms with Gasteiger partial charge in [-0.2, -0.15) is 0 Å². The van der Waals surface area contributed by atoms with Gasteiger partial charge in [-0.15, -0.1) is 0 Å². The molecule has 6 heteroatoms. The summed E-state index contributed by atoms with van der Waals surface area (Å²) in [6, 6.07) is 17.9. The van der Waals surface area contributed by atoms with Crippen molar-refractivity contribution in [2.75, 3.05) is 36.0 Å². The van der Waals surface area contributed by atoms with E-state index in [4.69, 9.17) is 18.8 Å². The molecular weight excluding hydrogens is 568 g/mol. The summed E-state index contributed by atoms with van der Waals surface area (Å²) in [4.78, 5) is 15.2. The minimum Gasteiger partial charge on any atom is -0.440 e. The van der Waals surface area contributed by atoms with Crippen molar-refractivity contribution < 1.29 is 8.83 Å². The molecular formula is C40H54N4O2. The van der Waals surface area contributed by atoms with Crippen molar-refractivity contribution in [1.82, 2.24) is 9.97 Å². The van der Waals surface area contributed by atoms with Gasteiger partial charge in [0.15, 0.2) is 22.9 Å². The second-order valence-corrected chi connectivity index (χ2v) is 12.5. The maximum Gasteiger partial charge on any atom is 0.195 e. The Labute approximate surface area is 276 Å². The number of aromatic nitrogens is 2. The molecule has 0 saturated heterocycles. The maximum atomic E-state index is 6.54. The molecule has 3 aromatic carbocycles. The molecule has 0 spiro atoms. The van der Waals surface area contributed by atoms with E-state index in [1.165, 1.54) is 62.7 Å². The van der Waals surface area contributed by atoms with Crippen LogP contribution < -0.4 is 9.80 Å². The van der Waals surface area contributed by atoms with Crippen LogP contribution in [0.5, 0.6) is 0 Å².